The first-order valence-corrected chi connectivity index (χ1v) is 6.84. The van der Waals surface area contributed by atoms with E-state index in [0.717, 1.165) is 23.6 Å². The lowest BCUT2D eigenvalue weighted by atomic mass is 9.92. The maximum Gasteiger partial charge on any atom is 0.0653 e. The molecular formula is C14H18Cl2O. The second-order valence-electron chi connectivity index (χ2n) is 4.89. The molecule has 0 radical (unpaired) electrons. The quantitative estimate of drug-likeness (QED) is 0.712. The second kappa shape index (κ2) is 5.17. The Bertz CT molecular complexity index is 417. The van der Waals surface area contributed by atoms with Gasteiger partial charge in [-0.25, -0.2) is 0 Å². The molecule has 1 aliphatic heterocycles. The van der Waals surface area contributed by atoms with Crippen molar-refractivity contribution in [2.45, 2.75) is 38.7 Å². The summed E-state index contributed by atoms with van der Waals surface area (Å²) in [6.45, 7) is 7.04. The molecule has 3 unspecified atom stereocenters. The first-order chi connectivity index (χ1) is 8.00. The Labute approximate surface area is 113 Å². The van der Waals surface area contributed by atoms with Gasteiger partial charge < -0.3 is 4.74 Å². The molecule has 0 aromatic heterocycles. The topological polar surface area (TPSA) is 9.23 Å². The van der Waals surface area contributed by atoms with Crippen molar-refractivity contribution >= 4 is 23.2 Å². The molecule has 1 aromatic carbocycles. The van der Waals surface area contributed by atoms with E-state index in [4.69, 9.17) is 27.9 Å². The van der Waals surface area contributed by atoms with E-state index < -0.39 is 0 Å². The third kappa shape index (κ3) is 2.62. The fraction of sp³-hybridized carbons (Fsp3) is 0.571. The number of alkyl halides is 1. The summed E-state index contributed by atoms with van der Waals surface area (Å²) in [5.41, 5.74) is 3.48. The van der Waals surface area contributed by atoms with Crippen LogP contribution in [0.5, 0.6) is 0 Å². The molecule has 2 rings (SSSR count). The second-order valence-corrected chi connectivity index (χ2v) is 5.77. The number of hydrogen-bond acceptors (Lipinski definition) is 1. The normalized spacial score (nSPS) is 26.2. The maximum atomic E-state index is 6.57. The van der Waals surface area contributed by atoms with Crippen LogP contribution in [0.15, 0.2) is 12.1 Å². The summed E-state index contributed by atoms with van der Waals surface area (Å²) in [5.74, 6) is 0.358. The summed E-state index contributed by atoms with van der Waals surface area (Å²) >= 11 is 12.9. The van der Waals surface area contributed by atoms with E-state index in [-0.39, 0.29) is 11.5 Å². The van der Waals surface area contributed by atoms with E-state index in [1.54, 1.807) is 0 Å². The lowest BCUT2D eigenvalue weighted by Gasteiger charge is -2.22. The van der Waals surface area contributed by atoms with Gasteiger partial charge in [0.15, 0.2) is 0 Å². The lowest BCUT2D eigenvalue weighted by Crippen LogP contribution is -2.17. The Hall–Kier alpha value is -0.240. The minimum Gasteiger partial charge on any atom is -0.378 e. The van der Waals surface area contributed by atoms with Crippen molar-refractivity contribution in [1.82, 2.24) is 0 Å². The van der Waals surface area contributed by atoms with Crippen LogP contribution in [0.2, 0.25) is 5.02 Å². The Kier molecular flexibility index (Phi) is 4.02. The molecule has 0 saturated carbocycles. The molecule has 1 fully saturated rings. The third-order valence-corrected chi connectivity index (χ3v) is 4.61. The average Bonchev–Trinajstić information content (AvgIpc) is 2.69. The minimum atomic E-state index is -0.0562. The summed E-state index contributed by atoms with van der Waals surface area (Å²) in [5, 5.41) is 0.714. The van der Waals surface area contributed by atoms with Crippen molar-refractivity contribution < 1.29 is 4.74 Å². The van der Waals surface area contributed by atoms with Gasteiger partial charge in [-0.15, -0.1) is 11.6 Å². The highest BCUT2D eigenvalue weighted by Crippen LogP contribution is 2.41. The van der Waals surface area contributed by atoms with E-state index >= 15 is 0 Å². The van der Waals surface area contributed by atoms with Gasteiger partial charge in [0.1, 0.15) is 0 Å². The number of halogens is 2. The Balaban J connectivity index is 2.30. The number of hydrogen-bond donors (Lipinski definition) is 0. The molecule has 94 valence electrons. The van der Waals surface area contributed by atoms with Gasteiger partial charge in [-0.1, -0.05) is 17.7 Å². The van der Waals surface area contributed by atoms with Crippen LogP contribution < -0.4 is 0 Å². The molecule has 1 saturated heterocycles. The average molecular weight is 273 g/mol. The van der Waals surface area contributed by atoms with Crippen LogP contribution in [0.4, 0.5) is 0 Å². The van der Waals surface area contributed by atoms with Gasteiger partial charge in [0.25, 0.3) is 0 Å². The van der Waals surface area contributed by atoms with Gasteiger partial charge in [-0.3, -0.25) is 0 Å². The van der Waals surface area contributed by atoms with Crippen LogP contribution in [0.3, 0.4) is 0 Å². The van der Waals surface area contributed by atoms with Crippen molar-refractivity contribution in [2.24, 2.45) is 5.92 Å². The molecule has 0 amide bonds. The molecule has 17 heavy (non-hydrogen) atoms. The fourth-order valence-electron chi connectivity index (χ4n) is 2.38. The van der Waals surface area contributed by atoms with E-state index in [1.807, 2.05) is 6.07 Å². The molecule has 1 aromatic rings. The lowest BCUT2D eigenvalue weighted by molar-refractivity contribution is 0.105. The first kappa shape index (κ1) is 13.2. The Morgan fingerprint density at radius 1 is 1.29 bits per heavy atom. The van der Waals surface area contributed by atoms with E-state index in [0.29, 0.717) is 5.92 Å². The standard InChI is InChI=1S/C14H18Cl2O/c1-8-6-12(13(15)7-9(8)2)14(16)11-4-5-17-10(11)3/h6-7,10-11,14H,4-5H2,1-3H3. The Morgan fingerprint density at radius 3 is 2.53 bits per heavy atom. The van der Waals surface area contributed by atoms with Crippen LogP contribution >= 0.6 is 23.2 Å². The number of ether oxygens (including phenoxy) is 1. The molecule has 0 N–H and O–H groups in total. The van der Waals surface area contributed by atoms with Crippen molar-refractivity contribution in [3.63, 3.8) is 0 Å². The zero-order chi connectivity index (χ0) is 12.6. The molecular weight excluding hydrogens is 255 g/mol. The summed E-state index contributed by atoms with van der Waals surface area (Å²) in [6.07, 6.45) is 1.23. The number of rotatable bonds is 2. The van der Waals surface area contributed by atoms with Gasteiger partial charge in [0.05, 0.1) is 11.5 Å². The smallest absolute Gasteiger partial charge is 0.0653 e. The largest absolute Gasteiger partial charge is 0.378 e. The fourth-order valence-corrected chi connectivity index (χ4v) is 3.28. The molecule has 1 aliphatic rings. The minimum absolute atomic E-state index is 0.0562. The highest BCUT2D eigenvalue weighted by Gasteiger charge is 2.32. The molecule has 1 heterocycles. The van der Waals surface area contributed by atoms with Crippen LogP contribution in [-0.4, -0.2) is 12.7 Å². The number of aryl methyl sites for hydroxylation is 2. The summed E-state index contributed by atoms with van der Waals surface area (Å²) in [4.78, 5) is 0. The Morgan fingerprint density at radius 2 is 1.94 bits per heavy atom. The third-order valence-electron chi connectivity index (χ3n) is 3.72. The van der Waals surface area contributed by atoms with E-state index in [2.05, 4.69) is 26.8 Å². The molecule has 3 atom stereocenters. The van der Waals surface area contributed by atoms with Crippen molar-refractivity contribution in [2.75, 3.05) is 6.61 Å². The van der Waals surface area contributed by atoms with Crippen molar-refractivity contribution in [3.05, 3.63) is 33.8 Å². The van der Waals surface area contributed by atoms with Crippen LogP contribution in [0.1, 0.15) is 35.4 Å². The monoisotopic (exact) mass is 272 g/mol. The van der Waals surface area contributed by atoms with Crippen LogP contribution in [0.25, 0.3) is 0 Å². The zero-order valence-corrected chi connectivity index (χ0v) is 12.0. The highest BCUT2D eigenvalue weighted by molar-refractivity contribution is 6.33. The van der Waals surface area contributed by atoms with Crippen molar-refractivity contribution in [1.29, 1.82) is 0 Å². The number of benzene rings is 1. The predicted molar refractivity (Wildman–Crippen MR) is 73.0 cm³/mol. The van der Waals surface area contributed by atoms with Gasteiger partial charge in [-0.2, -0.15) is 0 Å². The van der Waals surface area contributed by atoms with Gasteiger partial charge >= 0.3 is 0 Å². The van der Waals surface area contributed by atoms with Gasteiger partial charge in [0.2, 0.25) is 0 Å². The molecule has 0 aliphatic carbocycles. The van der Waals surface area contributed by atoms with Gasteiger partial charge in [0, 0.05) is 17.5 Å². The van der Waals surface area contributed by atoms with E-state index in [1.165, 1.54) is 11.1 Å². The molecule has 0 bridgehead atoms. The molecule has 0 spiro atoms. The van der Waals surface area contributed by atoms with Crippen molar-refractivity contribution in [3.8, 4) is 0 Å². The molecule has 3 heteroatoms. The highest BCUT2D eigenvalue weighted by atomic mass is 35.5. The van der Waals surface area contributed by atoms with E-state index in [9.17, 15) is 0 Å². The van der Waals surface area contributed by atoms with Gasteiger partial charge in [-0.05, 0) is 49.9 Å². The van der Waals surface area contributed by atoms with Crippen LogP contribution in [0, 0.1) is 19.8 Å². The predicted octanol–water partition coefficient (Wildman–Crippen LogP) is 4.66. The summed E-state index contributed by atoms with van der Waals surface area (Å²) in [6, 6.07) is 4.11. The SMILES string of the molecule is Cc1cc(Cl)c(C(Cl)C2CCOC2C)cc1C. The van der Waals surface area contributed by atoms with Crippen LogP contribution in [-0.2, 0) is 4.74 Å². The zero-order valence-electron chi connectivity index (χ0n) is 10.5. The summed E-state index contributed by atoms with van der Waals surface area (Å²) < 4.78 is 5.57. The maximum absolute atomic E-state index is 6.57. The first-order valence-electron chi connectivity index (χ1n) is 6.03. The summed E-state index contributed by atoms with van der Waals surface area (Å²) in [7, 11) is 0. The molecule has 1 nitrogen and oxygen atoms in total.